The molecule has 2 heterocycles. The Balaban J connectivity index is 1.99. The van der Waals surface area contributed by atoms with Crippen LogP contribution in [0.15, 0.2) is 4.99 Å². The number of nitrogens with zero attached hydrogens (tertiary/aromatic N) is 4. The van der Waals surface area contributed by atoms with Gasteiger partial charge in [-0.2, -0.15) is 5.10 Å². The second kappa shape index (κ2) is 9.15. The van der Waals surface area contributed by atoms with Crippen molar-refractivity contribution in [1.82, 2.24) is 25.4 Å². The number of ether oxygens (including phenoxy) is 1. The van der Waals surface area contributed by atoms with Gasteiger partial charge in [0.1, 0.15) is 12.4 Å². The molecular formula is C17H32N6O2. The summed E-state index contributed by atoms with van der Waals surface area (Å²) in [5.74, 6) is 2.49. The number of fused-ring (bicyclic) bond motifs is 1. The van der Waals surface area contributed by atoms with Crippen molar-refractivity contribution < 1.29 is 9.84 Å². The summed E-state index contributed by atoms with van der Waals surface area (Å²) in [6.45, 7) is 8.39. The largest absolute Gasteiger partial charge is 0.388 e. The Bertz CT molecular complexity index is 567. The topological polar surface area (TPSA) is 96.6 Å². The van der Waals surface area contributed by atoms with Crippen LogP contribution >= 0.6 is 0 Å². The molecule has 1 aliphatic rings. The number of nitrogens with one attached hydrogen (secondary N) is 2. The molecule has 0 fully saturated rings. The van der Waals surface area contributed by atoms with E-state index < -0.39 is 5.60 Å². The summed E-state index contributed by atoms with van der Waals surface area (Å²) in [6, 6.07) is 0.235. The summed E-state index contributed by atoms with van der Waals surface area (Å²) in [6.07, 6.45) is 3.24. The van der Waals surface area contributed by atoms with Gasteiger partial charge < -0.3 is 20.5 Å². The highest BCUT2D eigenvalue weighted by atomic mass is 16.5. The van der Waals surface area contributed by atoms with Gasteiger partial charge in [-0.05, 0) is 26.2 Å². The third-order valence-electron chi connectivity index (χ3n) is 4.71. The monoisotopic (exact) mass is 352 g/mol. The van der Waals surface area contributed by atoms with E-state index in [9.17, 15) is 5.11 Å². The fourth-order valence-corrected chi connectivity index (χ4v) is 2.88. The summed E-state index contributed by atoms with van der Waals surface area (Å²) in [4.78, 5) is 9.09. The second-order valence-corrected chi connectivity index (χ2v) is 6.57. The van der Waals surface area contributed by atoms with Crippen molar-refractivity contribution in [3.05, 3.63) is 11.6 Å². The van der Waals surface area contributed by atoms with Crippen molar-refractivity contribution in [3.8, 4) is 0 Å². The van der Waals surface area contributed by atoms with Gasteiger partial charge >= 0.3 is 0 Å². The molecule has 0 aliphatic carbocycles. The minimum atomic E-state index is -0.733. The van der Waals surface area contributed by atoms with E-state index in [-0.39, 0.29) is 6.04 Å². The molecule has 1 aromatic heterocycles. The quantitative estimate of drug-likeness (QED) is 0.474. The van der Waals surface area contributed by atoms with E-state index in [0.717, 1.165) is 43.5 Å². The van der Waals surface area contributed by atoms with Gasteiger partial charge in [0.25, 0.3) is 0 Å². The lowest BCUT2D eigenvalue weighted by molar-refractivity contribution is 0.0417. The maximum absolute atomic E-state index is 10.4. The van der Waals surface area contributed by atoms with E-state index in [1.807, 2.05) is 25.5 Å². The molecule has 0 radical (unpaired) electrons. The first-order valence-electron chi connectivity index (χ1n) is 9.22. The van der Waals surface area contributed by atoms with Gasteiger partial charge in [-0.15, -0.1) is 0 Å². The van der Waals surface area contributed by atoms with Gasteiger partial charge in [0.2, 0.25) is 0 Å². The summed E-state index contributed by atoms with van der Waals surface area (Å²) in [7, 11) is 1.65. The Hall–Kier alpha value is -1.67. The molecule has 0 spiro atoms. The number of aliphatic imine (C=N–C) groups is 1. The van der Waals surface area contributed by atoms with Crippen LogP contribution in [0.3, 0.4) is 0 Å². The van der Waals surface area contributed by atoms with E-state index >= 15 is 0 Å². The van der Waals surface area contributed by atoms with Crippen LogP contribution in [0.2, 0.25) is 0 Å². The average Bonchev–Trinajstić information content (AvgIpc) is 3.01. The highest BCUT2D eigenvalue weighted by Crippen LogP contribution is 2.15. The average molecular weight is 352 g/mol. The van der Waals surface area contributed by atoms with Crippen LogP contribution in [0.4, 0.5) is 0 Å². The number of aryl methyl sites for hydroxylation is 1. The normalized spacial score (nSPS) is 18.1. The standard InChI is InChI=1S/C17H32N6O2/c1-5-17(24,6-2)12-19-16(18-7-3)20-13-8-9-15-21-14(11-25-4)22-23(15)10-13/h13,24H,5-12H2,1-4H3,(H2,18,19,20). The molecule has 1 atom stereocenters. The lowest BCUT2D eigenvalue weighted by Crippen LogP contribution is -2.47. The maximum Gasteiger partial charge on any atom is 0.191 e. The zero-order chi connectivity index (χ0) is 18.3. The maximum atomic E-state index is 10.4. The number of aliphatic hydroxyl groups is 1. The van der Waals surface area contributed by atoms with Crippen molar-refractivity contribution in [2.24, 2.45) is 4.99 Å². The summed E-state index contributed by atoms with van der Waals surface area (Å²) < 4.78 is 7.06. The van der Waals surface area contributed by atoms with Crippen molar-refractivity contribution in [3.63, 3.8) is 0 Å². The molecule has 1 unspecified atom stereocenters. The Labute approximate surface area is 150 Å². The highest BCUT2D eigenvalue weighted by Gasteiger charge is 2.24. The predicted octanol–water partition coefficient (Wildman–Crippen LogP) is 0.845. The lowest BCUT2D eigenvalue weighted by Gasteiger charge is -2.27. The molecule has 142 valence electrons. The van der Waals surface area contributed by atoms with Crippen molar-refractivity contribution >= 4 is 5.96 Å². The van der Waals surface area contributed by atoms with Crippen molar-refractivity contribution in [2.75, 3.05) is 20.2 Å². The first kappa shape index (κ1) is 19.7. The first-order chi connectivity index (χ1) is 12.0. The summed E-state index contributed by atoms with van der Waals surface area (Å²) in [5, 5.41) is 21.7. The molecule has 3 N–H and O–H groups in total. The Morgan fingerprint density at radius 1 is 1.40 bits per heavy atom. The Morgan fingerprint density at radius 2 is 2.16 bits per heavy atom. The zero-order valence-electron chi connectivity index (χ0n) is 15.9. The molecule has 0 amide bonds. The van der Waals surface area contributed by atoms with E-state index in [1.54, 1.807) is 7.11 Å². The zero-order valence-corrected chi connectivity index (χ0v) is 15.9. The number of rotatable bonds is 8. The molecule has 8 heteroatoms. The van der Waals surface area contributed by atoms with Crippen LogP contribution in [0.5, 0.6) is 0 Å². The number of methoxy groups -OCH3 is 1. The van der Waals surface area contributed by atoms with Crippen LogP contribution < -0.4 is 10.6 Å². The SMILES string of the molecule is CCNC(=NCC(O)(CC)CC)NC1CCc2nc(COC)nn2C1. The van der Waals surface area contributed by atoms with Crippen molar-refractivity contribution in [2.45, 2.75) is 71.2 Å². The van der Waals surface area contributed by atoms with Gasteiger partial charge in [-0.1, -0.05) is 13.8 Å². The fourth-order valence-electron chi connectivity index (χ4n) is 2.88. The predicted molar refractivity (Wildman–Crippen MR) is 97.5 cm³/mol. The third-order valence-corrected chi connectivity index (χ3v) is 4.71. The molecule has 0 saturated carbocycles. The number of guanidine groups is 1. The smallest absolute Gasteiger partial charge is 0.191 e. The van der Waals surface area contributed by atoms with Gasteiger partial charge in [-0.25, -0.2) is 9.67 Å². The third kappa shape index (κ3) is 5.40. The van der Waals surface area contributed by atoms with Crippen LogP contribution in [-0.2, 0) is 24.3 Å². The van der Waals surface area contributed by atoms with Gasteiger partial charge in [0, 0.05) is 26.1 Å². The second-order valence-electron chi connectivity index (χ2n) is 6.57. The highest BCUT2D eigenvalue weighted by molar-refractivity contribution is 5.80. The number of hydrogen-bond acceptors (Lipinski definition) is 5. The van der Waals surface area contributed by atoms with Gasteiger partial charge in [0.15, 0.2) is 11.8 Å². The molecular weight excluding hydrogens is 320 g/mol. The van der Waals surface area contributed by atoms with E-state index in [2.05, 4.69) is 25.7 Å². The van der Waals surface area contributed by atoms with E-state index in [0.29, 0.717) is 26.0 Å². The molecule has 0 aromatic carbocycles. The minimum Gasteiger partial charge on any atom is -0.388 e. The van der Waals surface area contributed by atoms with Crippen LogP contribution in [-0.4, -0.2) is 57.7 Å². The minimum absolute atomic E-state index is 0.235. The van der Waals surface area contributed by atoms with E-state index in [1.165, 1.54) is 0 Å². The van der Waals surface area contributed by atoms with Crippen LogP contribution in [0, 0.1) is 0 Å². The molecule has 0 saturated heterocycles. The fraction of sp³-hybridized carbons (Fsp3) is 0.824. The van der Waals surface area contributed by atoms with Crippen LogP contribution in [0.1, 0.15) is 51.7 Å². The van der Waals surface area contributed by atoms with Crippen molar-refractivity contribution in [1.29, 1.82) is 0 Å². The molecule has 1 aromatic rings. The molecule has 25 heavy (non-hydrogen) atoms. The summed E-state index contributed by atoms with van der Waals surface area (Å²) >= 11 is 0. The van der Waals surface area contributed by atoms with Gasteiger partial charge in [0.05, 0.1) is 18.7 Å². The van der Waals surface area contributed by atoms with E-state index in [4.69, 9.17) is 4.74 Å². The molecule has 0 bridgehead atoms. The van der Waals surface area contributed by atoms with Crippen LogP contribution in [0.25, 0.3) is 0 Å². The Morgan fingerprint density at radius 3 is 2.80 bits per heavy atom. The van der Waals surface area contributed by atoms with Gasteiger partial charge in [-0.3, -0.25) is 4.99 Å². The lowest BCUT2D eigenvalue weighted by atomic mass is 9.98. The first-order valence-corrected chi connectivity index (χ1v) is 9.22. The Kier molecular flexibility index (Phi) is 7.19. The number of aromatic nitrogens is 3. The molecule has 1 aliphatic heterocycles. The number of hydrogen-bond donors (Lipinski definition) is 3. The molecule has 2 rings (SSSR count). The summed E-state index contributed by atoms with van der Waals surface area (Å²) in [5.41, 5.74) is -0.733. The molecule has 8 nitrogen and oxygen atoms in total.